The minimum atomic E-state index is -3.26. The number of anilines is 3. The maximum absolute atomic E-state index is 12.6. The Morgan fingerprint density at radius 2 is 1.81 bits per heavy atom. The summed E-state index contributed by atoms with van der Waals surface area (Å²) >= 11 is 0. The normalized spacial score (nSPS) is 16.6. The van der Waals surface area contributed by atoms with Gasteiger partial charge in [0, 0.05) is 24.1 Å². The van der Waals surface area contributed by atoms with Gasteiger partial charge < -0.3 is 15.1 Å². The fraction of sp³-hybridized carbons (Fsp3) is 0.160. The van der Waals surface area contributed by atoms with E-state index in [1.54, 1.807) is 18.3 Å². The third-order valence-corrected chi connectivity index (χ3v) is 7.51. The smallest absolute Gasteiger partial charge is 0.182 e. The Hall–Kier alpha value is -3.58. The molecule has 3 heterocycles. The van der Waals surface area contributed by atoms with Crippen molar-refractivity contribution in [3.05, 3.63) is 103 Å². The maximum Gasteiger partial charge on any atom is 0.182 e. The molecule has 0 bridgehead atoms. The Bertz CT molecular complexity index is 1290. The molecule has 0 unspecified atom stereocenters. The summed E-state index contributed by atoms with van der Waals surface area (Å²) in [4.78, 5) is 9.08. The second kappa shape index (κ2) is 8.51. The largest absolute Gasteiger partial charge is 0.385 e. The first-order chi connectivity index (χ1) is 15.6. The minimum absolute atomic E-state index is 0.102. The molecule has 32 heavy (non-hydrogen) atoms. The molecular formula is C25H24N4O2S. The number of para-hydroxylation sites is 2. The summed E-state index contributed by atoms with van der Waals surface area (Å²) in [5.41, 5.74) is 5.01. The van der Waals surface area contributed by atoms with Gasteiger partial charge in [0.15, 0.2) is 9.84 Å². The van der Waals surface area contributed by atoms with Gasteiger partial charge in [-0.2, -0.15) is 0 Å². The van der Waals surface area contributed by atoms with Crippen LogP contribution in [-0.2, 0) is 16.4 Å². The van der Waals surface area contributed by atoms with Gasteiger partial charge in [-0.3, -0.25) is 4.98 Å². The fourth-order valence-electron chi connectivity index (χ4n) is 4.22. The van der Waals surface area contributed by atoms with Crippen LogP contribution in [0.15, 0.2) is 102 Å². The van der Waals surface area contributed by atoms with Crippen LogP contribution in [0.4, 0.5) is 17.1 Å². The summed E-state index contributed by atoms with van der Waals surface area (Å²) in [5, 5.41) is 3.28. The molecule has 0 saturated heterocycles. The number of nitrogens with one attached hydrogen (secondary N) is 1. The molecule has 0 spiro atoms. The number of rotatable bonds is 5. The molecule has 1 N–H and O–H groups in total. The Morgan fingerprint density at radius 1 is 1.00 bits per heavy atom. The third-order valence-electron chi connectivity index (χ3n) is 5.78. The van der Waals surface area contributed by atoms with Gasteiger partial charge >= 0.3 is 0 Å². The molecule has 0 amide bonds. The van der Waals surface area contributed by atoms with Crippen molar-refractivity contribution < 1.29 is 8.42 Å². The second-order valence-corrected chi connectivity index (χ2v) is 9.84. The highest BCUT2D eigenvalue weighted by atomic mass is 32.2. The monoisotopic (exact) mass is 444 g/mol. The van der Waals surface area contributed by atoms with E-state index in [0.717, 1.165) is 34.9 Å². The lowest BCUT2D eigenvalue weighted by atomic mass is 10.1. The van der Waals surface area contributed by atoms with Crippen molar-refractivity contribution in [1.82, 2.24) is 10.3 Å². The number of hydrogen-bond acceptors (Lipinski definition) is 6. The molecule has 2 aliphatic rings. The first kappa shape index (κ1) is 20.3. The van der Waals surface area contributed by atoms with Crippen LogP contribution >= 0.6 is 0 Å². The molecule has 1 aromatic heterocycles. The van der Waals surface area contributed by atoms with Crippen molar-refractivity contribution in [2.75, 3.05) is 28.6 Å². The Labute approximate surface area is 188 Å². The molecule has 0 aliphatic carbocycles. The Morgan fingerprint density at radius 3 is 2.59 bits per heavy atom. The lowest BCUT2D eigenvalue weighted by Crippen LogP contribution is -2.33. The number of fused-ring (bicyclic) bond motifs is 1. The average molecular weight is 445 g/mol. The average Bonchev–Trinajstić information content (AvgIpc) is 2.84. The lowest BCUT2D eigenvalue weighted by molar-refractivity contribution is 0.592. The van der Waals surface area contributed by atoms with E-state index in [1.807, 2.05) is 48.8 Å². The van der Waals surface area contributed by atoms with E-state index in [1.165, 1.54) is 0 Å². The van der Waals surface area contributed by atoms with E-state index >= 15 is 0 Å². The van der Waals surface area contributed by atoms with Gasteiger partial charge in [0.1, 0.15) is 0 Å². The topological polar surface area (TPSA) is 65.5 Å². The lowest BCUT2D eigenvalue weighted by Gasteiger charge is -2.34. The number of allylic oxidation sites excluding steroid dienone is 2. The number of sulfone groups is 1. The maximum atomic E-state index is 12.6. The molecule has 0 radical (unpaired) electrons. The Kier molecular flexibility index (Phi) is 5.41. The SMILES string of the molecule is O=S1(=O)CCN(c2ccccc2CN(C2=CC=CNC2)c2cccnc2)c2ccccc21. The molecule has 2 aliphatic heterocycles. The number of aromatic nitrogens is 1. The van der Waals surface area contributed by atoms with E-state index in [9.17, 15) is 8.42 Å². The van der Waals surface area contributed by atoms with Crippen molar-refractivity contribution in [2.45, 2.75) is 11.4 Å². The van der Waals surface area contributed by atoms with Crippen LogP contribution in [0.25, 0.3) is 0 Å². The first-order valence-corrected chi connectivity index (χ1v) is 12.2. The molecule has 3 aromatic rings. The van der Waals surface area contributed by atoms with Crippen molar-refractivity contribution in [1.29, 1.82) is 0 Å². The van der Waals surface area contributed by atoms with Gasteiger partial charge in [-0.1, -0.05) is 30.3 Å². The summed E-state index contributed by atoms with van der Waals surface area (Å²) in [6.07, 6.45) is 9.68. The molecule has 0 fully saturated rings. The molecule has 0 saturated carbocycles. The quantitative estimate of drug-likeness (QED) is 0.641. The summed E-state index contributed by atoms with van der Waals surface area (Å²) < 4.78 is 25.3. The first-order valence-electron chi connectivity index (χ1n) is 10.6. The predicted octanol–water partition coefficient (Wildman–Crippen LogP) is 4.01. The predicted molar refractivity (Wildman–Crippen MR) is 128 cm³/mol. The van der Waals surface area contributed by atoms with Crippen molar-refractivity contribution in [3.63, 3.8) is 0 Å². The van der Waals surface area contributed by atoms with Gasteiger partial charge in [0.25, 0.3) is 0 Å². The van der Waals surface area contributed by atoms with Crippen molar-refractivity contribution >= 4 is 26.9 Å². The van der Waals surface area contributed by atoms with Crippen LogP contribution in [0.3, 0.4) is 0 Å². The van der Waals surface area contributed by atoms with Crippen LogP contribution in [0.2, 0.25) is 0 Å². The highest BCUT2D eigenvalue weighted by molar-refractivity contribution is 7.91. The fourth-order valence-corrected chi connectivity index (χ4v) is 5.65. The number of hydrogen-bond donors (Lipinski definition) is 1. The van der Waals surface area contributed by atoms with Crippen LogP contribution in [0, 0.1) is 0 Å². The Balaban J connectivity index is 1.56. The third kappa shape index (κ3) is 3.87. The molecule has 0 atom stereocenters. The summed E-state index contributed by atoms with van der Waals surface area (Å²) in [5.74, 6) is 0.102. The van der Waals surface area contributed by atoms with E-state index in [-0.39, 0.29) is 5.75 Å². The summed E-state index contributed by atoms with van der Waals surface area (Å²) in [7, 11) is -3.26. The van der Waals surface area contributed by atoms with Crippen LogP contribution in [0.1, 0.15) is 5.56 Å². The minimum Gasteiger partial charge on any atom is -0.385 e. The number of dihydropyridines is 1. The molecule has 2 aromatic carbocycles. The molecular weight excluding hydrogens is 420 g/mol. The summed E-state index contributed by atoms with van der Waals surface area (Å²) in [6.45, 7) is 1.78. The van der Waals surface area contributed by atoms with Crippen molar-refractivity contribution in [2.24, 2.45) is 0 Å². The number of pyridine rings is 1. The standard InChI is InChI=1S/C25H24N4O2S/c30-32(31)16-15-28(24-11-3-4-12-25(24)32)23-10-2-1-7-20(23)19-29(21-8-5-13-26-17-21)22-9-6-14-27-18-22/h1-14,17,27H,15-16,18-19H2. The second-order valence-electron chi connectivity index (χ2n) is 7.76. The zero-order valence-electron chi connectivity index (χ0n) is 17.6. The van der Waals surface area contributed by atoms with Gasteiger partial charge in [-0.15, -0.1) is 0 Å². The zero-order valence-corrected chi connectivity index (χ0v) is 18.4. The van der Waals surface area contributed by atoms with E-state index < -0.39 is 9.84 Å². The molecule has 162 valence electrons. The van der Waals surface area contributed by atoms with E-state index in [0.29, 0.717) is 18.0 Å². The van der Waals surface area contributed by atoms with Crippen molar-refractivity contribution in [3.8, 4) is 0 Å². The van der Waals surface area contributed by atoms with E-state index in [2.05, 4.69) is 44.4 Å². The highest BCUT2D eigenvalue weighted by Gasteiger charge is 2.30. The van der Waals surface area contributed by atoms with E-state index in [4.69, 9.17) is 0 Å². The van der Waals surface area contributed by atoms with Gasteiger partial charge in [-0.05, 0) is 54.2 Å². The number of benzene rings is 2. The number of nitrogens with zero attached hydrogens (tertiary/aromatic N) is 3. The molecule has 7 heteroatoms. The molecule has 5 rings (SSSR count). The van der Waals surface area contributed by atoms with Crippen LogP contribution < -0.4 is 15.1 Å². The van der Waals surface area contributed by atoms with Crippen LogP contribution in [-0.4, -0.2) is 32.2 Å². The van der Waals surface area contributed by atoms with Gasteiger partial charge in [-0.25, -0.2) is 8.42 Å². The zero-order chi connectivity index (χ0) is 22.0. The van der Waals surface area contributed by atoms with Gasteiger partial charge in [0.05, 0.1) is 41.3 Å². The molecule has 6 nitrogen and oxygen atoms in total. The van der Waals surface area contributed by atoms with Crippen LogP contribution in [0.5, 0.6) is 0 Å². The van der Waals surface area contributed by atoms with Gasteiger partial charge in [0.2, 0.25) is 0 Å². The highest BCUT2D eigenvalue weighted by Crippen LogP contribution is 2.38. The summed E-state index contributed by atoms with van der Waals surface area (Å²) in [6, 6.07) is 19.5.